The Morgan fingerprint density at radius 3 is 2.45 bits per heavy atom. The van der Waals surface area contributed by atoms with Crippen LogP contribution < -0.4 is 0 Å². The first kappa shape index (κ1) is 14.1. The molecule has 0 bridgehead atoms. The molecule has 3 heterocycles. The summed E-state index contributed by atoms with van der Waals surface area (Å²) >= 11 is 3.49. The lowest BCUT2D eigenvalue weighted by molar-refractivity contribution is -0.213. The number of carbonyl (C=O) groups is 2. The van der Waals surface area contributed by atoms with Crippen molar-refractivity contribution in [1.82, 2.24) is 4.90 Å². The van der Waals surface area contributed by atoms with Gasteiger partial charge in [0.25, 0.3) is 0 Å². The van der Waals surface area contributed by atoms with Crippen molar-refractivity contribution in [1.29, 1.82) is 0 Å². The fraction of sp³-hybridized carbons (Fsp3) is 0.714. The van der Waals surface area contributed by atoms with Crippen LogP contribution >= 0.6 is 15.9 Å². The van der Waals surface area contributed by atoms with Crippen LogP contribution in [0.3, 0.4) is 0 Å². The Bertz CT molecular complexity index is 536. The Morgan fingerprint density at radius 2 is 1.90 bits per heavy atom. The van der Waals surface area contributed by atoms with Gasteiger partial charge in [0.1, 0.15) is 11.1 Å². The van der Waals surface area contributed by atoms with Gasteiger partial charge < -0.3 is 9.47 Å². The summed E-state index contributed by atoms with van der Waals surface area (Å²) in [7, 11) is 1.38. The van der Waals surface area contributed by atoms with E-state index in [-0.39, 0.29) is 24.0 Å². The summed E-state index contributed by atoms with van der Waals surface area (Å²) in [6, 6.07) is 0.110. The molecular formula is C14H18BrNO4. The van der Waals surface area contributed by atoms with E-state index in [4.69, 9.17) is 9.47 Å². The third-order valence-corrected chi connectivity index (χ3v) is 5.25. The van der Waals surface area contributed by atoms with Crippen molar-refractivity contribution in [2.45, 2.75) is 56.8 Å². The first-order valence-electron chi connectivity index (χ1n) is 6.71. The van der Waals surface area contributed by atoms with Gasteiger partial charge in [-0.15, -0.1) is 0 Å². The van der Waals surface area contributed by atoms with Crippen LogP contribution in [-0.4, -0.2) is 47.2 Å². The Morgan fingerprint density at radius 1 is 1.30 bits per heavy atom. The molecule has 3 unspecified atom stereocenters. The van der Waals surface area contributed by atoms with Gasteiger partial charge in [-0.2, -0.15) is 0 Å². The van der Waals surface area contributed by atoms with Gasteiger partial charge in [0, 0.05) is 16.6 Å². The molecule has 20 heavy (non-hydrogen) atoms. The SMILES string of the molecule is COC(=O)C1=C(Br)C2CC3(C(=O)OC(C)(C)C)CC1N23. The number of esters is 2. The number of ether oxygens (including phenoxy) is 2. The number of piperidine rings is 1. The average molecular weight is 344 g/mol. The maximum Gasteiger partial charge on any atom is 0.336 e. The third kappa shape index (κ3) is 1.64. The summed E-state index contributed by atoms with van der Waals surface area (Å²) in [4.78, 5) is 26.3. The van der Waals surface area contributed by atoms with Crippen LogP contribution in [0.5, 0.6) is 0 Å². The smallest absolute Gasteiger partial charge is 0.336 e. The molecule has 3 rings (SSSR count). The van der Waals surface area contributed by atoms with Crippen LogP contribution in [0.1, 0.15) is 33.6 Å². The van der Waals surface area contributed by atoms with E-state index in [9.17, 15) is 9.59 Å². The van der Waals surface area contributed by atoms with Crippen molar-refractivity contribution in [2.75, 3.05) is 7.11 Å². The monoisotopic (exact) mass is 343 g/mol. The molecule has 0 radical (unpaired) electrons. The van der Waals surface area contributed by atoms with E-state index in [1.807, 2.05) is 20.8 Å². The van der Waals surface area contributed by atoms with Gasteiger partial charge in [-0.3, -0.25) is 9.69 Å². The lowest BCUT2D eigenvalue weighted by Gasteiger charge is -2.65. The Hall–Kier alpha value is -0.880. The molecule has 5 nitrogen and oxygen atoms in total. The zero-order chi connectivity index (χ0) is 14.9. The Labute approximate surface area is 126 Å². The maximum atomic E-state index is 12.4. The molecule has 2 saturated heterocycles. The fourth-order valence-corrected chi connectivity index (χ4v) is 4.31. The van der Waals surface area contributed by atoms with Crippen LogP contribution in [-0.2, 0) is 19.1 Å². The van der Waals surface area contributed by atoms with Gasteiger partial charge in [-0.25, -0.2) is 4.79 Å². The molecule has 3 atom stereocenters. The molecule has 3 aliphatic rings. The second kappa shape index (κ2) is 4.07. The van der Waals surface area contributed by atoms with Crippen LogP contribution in [0.2, 0.25) is 0 Å². The molecule has 0 aromatic heterocycles. The predicted octanol–water partition coefficient (Wildman–Crippen LogP) is 1.75. The molecule has 3 aliphatic heterocycles. The highest BCUT2D eigenvalue weighted by molar-refractivity contribution is 9.11. The summed E-state index contributed by atoms with van der Waals surface area (Å²) in [6.45, 7) is 5.60. The summed E-state index contributed by atoms with van der Waals surface area (Å²) < 4.78 is 11.2. The quantitative estimate of drug-likeness (QED) is 0.715. The number of hydrogen-bond donors (Lipinski definition) is 0. The van der Waals surface area contributed by atoms with Crippen LogP contribution in [0.4, 0.5) is 0 Å². The minimum Gasteiger partial charge on any atom is -0.466 e. The zero-order valence-electron chi connectivity index (χ0n) is 12.0. The van der Waals surface area contributed by atoms with Crippen LogP contribution in [0.15, 0.2) is 10.1 Å². The Kier molecular flexibility index (Phi) is 2.86. The largest absolute Gasteiger partial charge is 0.466 e. The van der Waals surface area contributed by atoms with Crippen molar-refractivity contribution < 1.29 is 19.1 Å². The first-order valence-corrected chi connectivity index (χ1v) is 7.50. The molecule has 110 valence electrons. The van der Waals surface area contributed by atoms with E-state index in [1.165, 1.54) is 7.11 Å². The topological polar surface area (TPSA) is 55.8 Å². The van der Waals surface area contributed by atoms with E-state index in [1.54, 1.807) is 0 Å². The van der Waals surface area contributed by atoms with Crippen LogP contribution in [0, 0.1) is 0 Å². The molecule has 2 fully saturated rings. The highest BCUT2D eigenvalue weighted by Gasteiger charge is 2.73. The van der Waals surface area contributed by atoms with Gasteiger partial charge in [0.15, 0.2) is 0 Å². The van der Waals surface area contributed by atoms with Gasteiger partial charge in [-0.1, -0.05) is 15.9 Å². The first-order chi connectivity index (χ1) is 9.21. The van der Waals surface area contributed by atoms with Crippen molar-refractivity contribution in [3.63, 3.8) is 0 Å². The van der Waals surface area contributed by atoms with E-state index >= 15 is 0 Å². The number of rotatable bonds is 2. The number of carbonyl (C=O) groups excluding carboxylic acids is 2. The number of nitrogens with zero attached hydrogens (tertiary/aromatic N) is 1. The van der Waals surface area contributed by atoms with Crippen molar-refractivity contribution >= 4 is 27.9 Å². The van der Waals surface area contributed by atoms with Crippen molar-refractivity contribution in [3.05, 3.63) is 10.1 Å². The predicted molar refractivity (Wildman–Crippen MR) is 75.2 cm³/mol. The summed E-state index contributed by atoms with van der Waals surface area (Å²) in [5, 5.41) is 0. The highest BCUT2D eigenvalue weighted by Crippen LogP contribution is 2.62. The van der Waals surface area contributed by atoms with Gasteiger partial charge in [0.05, 0.1) is 12.7 Å². The van der Waals surface area contributed by atoms with E-state index in [0.29, 0.717) is 18.4 Å². The molecule has 0 spiro atoms. The molecule has 0 saturated carbocycles. The van der Waals surface area contributed by atoms with Crippen LogP contribution in [0.25, 0.3) is 0 Å². The molecule has 6 heteroatoms. The average Bonchev–Trinajstić information content (AvgIpc) is 2.42. The summed E-state index contributed by atoms with van der Waals surface area (Å²) in [5.41, 5.74) is -0.358. The second-order valence-corrected chi connectivity index (χ2v) is 7.49. The van der Waals surface area contributed by atoms with E-state index in [0.717, 1.165) is 4.48 Å². The maximum absolute atomic E-state index is 12.4. The summed E-state index contributed by atoms with van der Waals surface area (Å²) in [5.74, 6) is -0.488. The molecule has 0 aliphatic carbocycles. The molecule has 0 aromatic carbocycles. The normalized spacial score (nSPS) is 35.0. The van der Waals surface area contributed by atoms with Gasteiger partial charge in [0.2, 0.25) is 0 Å². The molecule has 0 aromatic rings. The third-order valence-electron chi connectivity index (χ3n) is 4.30. The van der Waals surface area contributed by atoms with Crippen molar-refractivity contribution in [3.8, 4) is 0 Å². The zero-order valence-corrected chi connectivity index (χ0v) is 13.6. The number of methoxy groups -OCH3 is 1. The second-order valence-electron chi connectivity index (χ2n) is 6.63. The van der Waals surface area contributed by atoms with E-state index < -0.39 is 11.1 Å². The number of hydrogen-bond acceptors (Lipinski definition) is 5. The van der Waals surface area contributed by atoms with Gasteiger partial charge in [-0.05, 0) is 33.6 Å². The summed E-state index contributed by atoms with van der Waals surface area (Å²) in [6.07, 6.45) is 1.34. The van der Waals surface area contributed by atoms with Gasteiger partial charge >= 0.3 is 11.9 Å². The Balaban J connectivity index is 1.79. The fourth-order valence-electron chi connectivity index (χ4n) is 3.50. The lowest BCUT2D eigenvalue weighted by atomic mass is 9.67. The number of halogens is 1. The van der Waals surface area contributed by atoms with E-state index in [2.05, 4.69) is 20.8 Å². The van der Waals surface area contributed by atoms with Crippen molar-refractivity contribution in [2.24, 2.45) is 0 Å². The molecule has 0 N–H and O–H groups in total. The highest BCUT2D eigenvalue weighted by atomic mass is 79.9. The molecular weight excluding hydrogens is 326 g/mol. The lowest BCUT2D eigenvalue weighted by Crippen LogP contribution is -2.80. The minimum absolute atomic E-state index is 0.0110. The molecule has 0 amide bonds. The minimum atomic E-state index is -0.530. The standard InChI is InChI=1S/C14H18BrNO4/c1-13(2,3)20-12(18)14-5-7-9(11(17)19-4)10(15)8(6-14)16(7)14/h7-8H,5-6H2,1-4H3.